The van der Waals surface area contributed by atoms with Gasteiger partial charge in [-0.1, -0.05) is 147 Å². The molecule has 7 aromatic carbocycles. The van der Waals surface area contributed by atoms with E-state index in [0.29, 0.717) is 28.2 Å². The molecule has 294 valence electrons. The molecule has 2 aliphatic carbocycles. The van der Waals surface area contributed by atoms with Gasteiger partial charge in [0.15, 0.2) is 0 Å². The van der Waals surface area contributed by atoms with E-state index in [-0.39, 0.29) is 38.8 Å². The Morgan fingerprint density at radius 3 is 2.07 bits per heavy atom. The summed E-state index contributed by atoms with van der Waals surface area (Å²) >= 11 is 0. The van der Waals surface area contributed by atoms with Crippen LogP contribution in [-0.4, -0.2) is 14.1 Å². The van der Waals surface area contributed by atoms with Gasteiger partial charge in [-0.05, 0) is 106 Å². The first-order valence-corrected chi connectivity index (χ1v) is 20.6. The van der Waals surface area contributed by atoms with Crippen LogP contribution < -0.4 is 9.30 Å². The second-order valence-electron chi connectivity index (χ2n) is 16.8. The summed E-state index contributed by atoms with van der Waals surface area (Å²) in [5.41, 5.74) is 7.20. The van der Waals surface area contributed by atoms with Crippen molar-refractivity contribution in [1.82, 2.24) is 14.1 Å². The van der Waals surface area contributed by atoms with Crippen molar-refractivity contribution in [1.29, 1.82) is 0 Å². The molecule has 0 aliphatic heterocycles. The summed E-state index contributed by atoms with van der Waals surface area (Å²) < 4.78 is 99.5. The fourth-order valence-corrected chi connectivity index (χ4v) is 10.4. The van der Waals surface area contributed by atoms with E-state index in [1.807, 2.05) is 59.2 Å². The van der Waals surface area contributed by atoms with E-state index in [1.165, 1.54) is 30.4 Å². The van der Waals surface area contributed by atoms with E-state index in [1.54, 1.807) is 22.8 Å². The average molecular weight is 799 g/mol. The average Bonchev–Trinajstić information content (AvgIpc) is 3.97. The van der Waals surface area contributed by atoms with E-state index in [2.05, 4.69) is 73.4 Å². The number of para-hydroxylation sites is 4. The molecule has 2 bridgehead atoms. The van der Waals surface area contributed by atoms with Gasteiger partial charge in [0.2, 0.25) is 0 Å². The standard InChI is InChI=1S/C56H44N4O/c1-55-30-15-31-56(2,36-55)48-35-57-53(34-47(48)55)60-49-25-10-9-22-45(49)46-29-28-42(33-52(46)60)61-41-21-13-20-40(32-41)58-37-59(51-27-12-11-26-50(51)58)54-43(38-16-5-3-6-17-38)23-14-24-44(54)39-18-7-4-8-19-39/h3-14,16-29,32-35H,15,30-31,36H2,1-2H3/i3D,4D,5D,6D,7D,8D,16D,17D,18D,19D. The molecule has 1 saturated carbocycles. The van der Waals surface area contributed by atoms with Crippen molar-refractivity contribution in [2.45, 2.75) is 50.4 Å². The van der Waals surface area contributed by atoms with E-state index in [4.69, 9.17) is 23.4 Å². The molecule has 5 nitrogen and oxygen atoms in total. The highest BCUT2D eigenvalue weighted by Gasteiger charge is 2.50. The van der Waals surface area contributed by atoms with Crippen LogP contribution in [-0.2, 0) is 10.8 Å². The molecule has 0 amide bonds. The van der Waals surface area contributed by atoms with Gasteiger partial charge in [-0.2, -0.15) is 0 Å². The highest BCUT2D eigenvalue weighted by atomic mass is 16.5. The molecule has 3 heterocycles. The lowest BCUT2D eigenvalue weighted by Gasteiger charge is -2.35. The van der Waals surface area contributed by atoms with Gasteiger partial charge in [0.1, 0.15) is 17.3 Å². The minimum atomic E-state index is -0.561. The summed E-state index contributed by atoms with van der Waals surface area (Å²) in [6.07, 6.45) is 10.3. The van der Waals surface area contributed by atoms with Gasteiger partial charge in [0.05, 0.1) is 47.1 Å². The largest absolute Gasteiger partial charge is 0.458 e. The highest BCUT2D eigenvalue weighted by molar-refractivity contribution is 6.09. The van der Waals surface area contributed by atoms with Crippen LogP contribution in [0, 0.1) is 6.33 Å². The molecule has 0 radical (unpaired) electrons. The zero-order valence-electron chi connectivity index (χ0n) is 43.6. The molecular weight excluding hydrogens is 745 g/mol. The maximum Gasteiger partial charge on any atom is 0.269 e. The Balaban J connectivity index is 1.00. The number of fused-ring (bicyclic) bond motifs is 9. The summed E-state index contributed by atoms with van der Waals surface area (Å²) in [6.45, 7) is 4.80. The van der Waals surface area contributed by atoms with E-state index >= 15 is 0 Å². The van der Waals surface area contributed by atoms with Gasteiger partial charge < -0.3 is 4.74 Å². The van der Waals surface area contributed by atoms with Crippen LogP contribution in [0.1, 0.15) is 64.4 Å². The number of imidazole rings is 1. The second-order valence-corrected chi connectivity index (χ2v) is 16.8. The molecule has 2 aliphatic rings. The van der Waals surface area contributed by atoms with E-state index < -0.39 is 60.4 Å². The molecule has 2 atom stereocenters. The van der Waals surface area contributed by atoms with Gasteiger partial charge in [-0.15, -0.1) is 0 Å². The third-order valence-electron chi connectivity index (χ3n) is 13.0. The first-order valence-electron chi connectivity index (χ1n) is 25.6. The zero-order valence-corrected chi connectivity index (χ0v) is 33.6. The normalized spacial score (nSPS) is 20.5. The van der Waals surface area contributed by atoms with Crippen molar-refractivity contribution in [2.75, 3.05) is 0 Å². The number of hydrogen-bond donors (Lipinski definition) is 0. The Hall–Kier alpha value is -7.24. The third-order valence-corrected chi connectivity index (χ3v) is 13.0. The summed E-state index contributed by atoms with van der Waals surface area (Å²) in [6, 6.07) is 31.4. The van der Waals surface area contributed by atoms with Crippen LogP contribution in [0.15, 0.2) is 182 Å². The number of aromatic nitrogens is 4. The third kappa shape index (κ3) is 5.68. The van der Waals surface area contributed by atoms with Crippen LogP contribution >= 0.6 is 0 Å². The number of pyridine rings is 1. The van der Waals surface area contributed by atoms with Crippen molar-refractivity contribution in [3.05, 3.63) is 199 Å². The molecule has 1 fully saturated rings. The Kier molecular flexibility index (Phi) is 5.99. The van der Waals surface area contributed by atoms with Gasteiger partial charge in [-0.25, -0.2) is 4.98 Å². The van der Waals surface area contributed by atoms with Crippen LogP contribution in [0.5, 0.6) is 11.5 Å². The summed E-state index contributed by atoms with van der Waals surface area (Å²) in [4.78, 5) is 5.15. The molecule has 12 rings (SSSR count). The number of rotatable bonds is 7. The van der Waals surface area contributed by atoms with E-state index in [0.717, 1.165) is 34.0 Å². The lowest BCUT2D eigenvalue weighted by Crippen LogP contribution is -2.31. The molecule has 0 N–H and O–H groups in total. The zero-order chi connectivity index (χ0) is 49.4. The molecule has 61 heavy (non-hydrogen) atoms. The summed E-state index contributed by atoms with van der Waals surface area (Å²) in [5, 5.41) is 2.19. The lowest BCUT2D eigenvalue weighted by molar-refractivity contribution is -0.571. The topological polar surface area (TPSA) is 35.9 Å². The van der Waals surface area contributed by atoms with Gasteiger partial charge in [0, 0.05) is 23.0 Å². The Bertz CT molecular complexity index is 3790. The first kappa shape index (κ1) is 26.8. The van der Waals surface area contributed by atoms with Crippen molar-refractivity contribution in [2.24, 2.45) is 0 Å². The Morgan fingerprint density at radius 2 is 1.30 bits per heavy atom. The smallest absolute Gasteiger partial charge is 0.269 e. The lowest BCUT2D eigenvalue weighted by atomic mass is 9.69. The predicted molar refractivity (Wildman–Crippen MR) is 246 cm³/mol. The second kappa shape index (κ2) is 13.7. The fraction of sp³-hybridized carbons (Fsp3) is 0.143. The van der Waals surface area contributed by atoms with Gasteiger partial charge in [0.25, 0.3) is 6.33 Å². The summed E-state index contributed by atoms with van der Waals surface area (Å²) in [5.74, 6) is 2.02. The van der Waals surface area contributed by atoms with Crippen LogP contribution in [0.2, 0.25) is 0 Å². The number of benzene rings is 7. The first-order chi connectivity index (χ1) is 34.1. The molecule has 5 heteroatoms. The maximum absolute atomic E-state index is 9.02. The van der Waals surface area contributed by atoms with Gasteiger partial charge >= 0.3 is 0 Å². The number of hydrogen-bond acceptors (Lipinski definition) is 2. The minimum absolute atomic E-state index is 0.111. The number of nitrogens with zero attached hydrogens (tertiary/aromatic N) is 4. The van der Waals surface area contributed by atoms with Gasteiger partial charge in [-0.3, -0.25) is 13.7 Å². The van der Waals surface area contributed by atoms with Crippen LogP contribution in [0.4, 0.5) is 0 Å². The fourth-order valence-electron chi connectivity index (χ4n) is 10.4. The molecule has 10 aromatic rings. The highest BCUT2D eigenvalue weighted by Crippen LogP contribution is 2.58. The molecule has 0 spiro atoms. The van der Waals surface area contributed by atoms with Crippen LogP contribution in [0.3, 0.4) is 0 Å². The van der Waals surface area contributed by atoms with Crippen LogP contribution in [0.25, 0.3) is 72.3 Å². The maximum atomic E-state index is 9.02. The molecular formula is C56H44N4O. The predicted octanol–water partition coefficient (Wildman–Crippen LogP) is 13.4. The quantitative estimate of drug-likeness (QED) is 0.119. The molecule has 2 unspecified atom stereocenters. The van der Waals surface area contributed by atoms with E-state index in [9.17, 15) is 0 Å². The minimum Gasteiger partial charge on any atom is -0.458 e. The Labute approximate surface area is 369 Å². The summed E-state index contributed by atoms with van der Waals surface area (Å²) in [7, 11) is 0. The SMILES string of the molecule is [2H]c1c([2H])c([2H])c(-c2cccc(-c3c([2H])c([2H])c([2H])c([2H])c3[2H])c2-[n+]2[c-]n(-c3cccc(Oc4ccc5c6ccccc6n(-c6cc7c(cn6)C6(C)CCCC7(C)C6)c5c4)c3)c3ccccc32)c([2H])c1[2H]. The molecule has 3 aromatic heterocycles. The van der Waals surface area contributed by atoms with Crippen molar-refractivity contribution >= 4 is 32.8 Å². The van der Waals surface area contributed by atoms with Crippen molar-refractivity contribution < 1.29 is 23.0 Å². The number of ether oxygens (including phenoxy) is 1. The Morgan fingerprint density at radius 1 is 0.639 bits per heavy atom. The van der Waals surface area contributed by atoms with Crippen molar-refractivity contribution in [3.8, 4) is 50.9 Å². The molecule has 0 saturated heterocycles. The van der Waals surface area contributed by atoms with Crippen molar-refractivity contribution in [3.63, 3.8) is 0 Å². The monoisotopic (exact) mass is 798 g/mol.